The van der Waals surface area contributed by atoms with Crippen molar-refractivity contribution in [2.45, 2.75) is 63.6 Å². The Labute approximate surface area is 81.3 Å². The van der Waals surface area contributed by atoms with E-state index in [4.69, 9.17) is 4.74 Å². The van der Waals surface area contributed by atoms with Gasteiger partial charge < -0.3 is 9.84 Å². The molecule has 1 fully saturated rings. The van der Waals surface area contributed by atoms with Crippen LogP contribution in [0.3, 0.4) is 0 Å². The van der Waals surface area contributed by atoms with Crippen LogP contribution in [-0.2, 0) is 4.74 Å². The number of methoxy groups -OCH3 is 1. The quantitative estimate of drug-likeness (QED) is 0.731. The summed E-state index contributed by atoms with van der Waals surface area (Å²) < 4.78 is 5.54. The molecule has 1 aliphatic carbocycles. The van der Waals surface area contributed by atoms with Crippen molar-refractivity contribution in [2.75, 3.05) is 7.11 Å². The second kappa shape index (κ2) is 4.97. The van der Waals surface area contributed by atoms with Gasteiger partial charge in [-0.15, -0.1) is 0 Å². The highest BCUT2D eigenvalue weighted by Crippen LogP contribution is 2.35. The molecule has 1 rings (SSSR count). The Bertz CT molecular complexity index is 139. The van der Waals surface area contributed by atoms with Gasteiger partial charge in [-0.25, -0.2) is 0 Å². The molecule has 2 heteroatoms. The van der Waals surface area contributed by atoms with Crippen LogP contribution in [0.4, 0.5) is 0 Å². The standard InChI is InChI=1S/C11H22O2/c1-3-7-10(12)11(13-2)8-5-4-6-9-11/h10,12H,3-9H2,1-2H3. The fourth-order valence-corrected chi connectivity index (χ4v) is 2.36. The molecule has 0 spiro atoms. The smallest absolute Gasteiger partial charge is 0.0936 e. The monoisotopic (exact) mass is 186 g/mol. The first-order valence-corrected chi connectivity index (χ1v) is 5.48. The number of aliphatic hydroxyl groups is 1. The topological polar surface area (TPSA) is 29.5 Å². The van der Waals surface area contributed by atoms with Crippen LogP contribution >= 0.6 is 0 Å². The first-order chi connectivity index (χ1) is 6.25. The van der Waals surface area contributed by atoms with Gasteiger partial charge in [-0.3, -0.25) is 0 Å². The molecular weight excluding hydrogens is 164 g/mol. The largest absolute Gasteiger partial charge is 0.390 e. The summed E-state index contributed by atoms with van der Waals surface area (Å²) in [4.78, 5) is 0. The van der Waals surface area contributed by atoms with Crippen LogP contribution in [0.5, 0.6) is 0 Å². The summed E-state index contributed by atoms with van der Waals surface area (Å²) in [5.74, 6) is 0. The summed E-state index contributed by atoms with van der Waals surface area (Å²) in [6, 6.07) is 0. The average molecular weight is 186 g/mol. The van der Waals surface area contributed by atoms with Crippen LogP contribution in [0, 0.1) is 0 Å². The number of hydrogen-bond acceptors (Lipinski definition) is 2. The molecule has 0 radical (unpaired) electrons. The maximum absolute atomic E-state index is 10.00. The van der Waals surface area contributed by atoms with Gasteiger partial charge in [0.15, 0.2) is 0 Å². The van der Waals surface area contributed by atoms with Crippen LogP contribution in [0.1, 0.15) is 51.9 Å². The lowest BCUT2D eigenvalue weighted by Gasteiger charge is -2.39. The van der Waals surface area contributed by atoms with Gasteiger partial charge in [-0.2, -0.15) is 0 Å². The van der Waals surface area contributed by atoms with Gasteiger partial charge in [0, 0.05) is 7.11 Å². The zero-order valence-electron chi connectivity index (χ0n) is 8.88. The Kier molecular flexibility index (Phi) is 4.20. The minimum Gasteiger partial charge on any atom is -0.390 e. The minimum atomic E-state index is -0.261. The molecule has 1 aliphatic rings. The van der Waals surface area contributed by atoms with Crippen LogP contribution < -0.4 is 0 Å². The predicted octanol–water partition coefficient (Wildman–Crippen LogP) is 2.50. The molecule has 0 amide bonds. The zero-order chi connectivity index (χ0) is 9.73. The lowest BCUT2D eigenvalue weighted by Crippen LogP contribution is -2.45. The maximum atomic E-state index is 10.00. The summed E-state index contributed by atoms with van der Waals surface area (Å²) in [6.45, 7) is 2.11. The molecule has 0 aliphatic heterocycles. The van der Waals surface area contributed by atoms with Crippen molar-refractivity contribution in [3.8, 4) is 0 Å². The fourth-order valence-electron chi connectivity index (χ4n) is 2.36. The van der Waals surface area contributed by atoms with E-state index < -0.39 is 0 Å². The van der Waals surface area contributed by atoms with Gasteiger partial charge in [-0.05, 0) is 19.3 Å². The molecule has 0 aromatic carbocycles. The van der Waals surface area contributed by atoms with E-state index in [2.05, 4.69) is 6.92 Å². The molecule has 1 unspecified atom stereocenters. The van der Waals surface area contributed by atoms with Crippen molar-refractivity contribution in [3.05, 3.63) is 0 Å². The van der Waals surface area contributed by atoms with E-state index in [9.17, 15) is 5.11 Å². The summed E-state index contributed by atoms with van der Waals surface area (Å²) in [7, 11) is 1.74. The molecule has 0 heterocycles. The van der Waals surface area contributed by atoms with Crippen molar-refractivity contribution in [2.24, 2.45) is 0 Å². The number of ether oxygens (including phenoxy) is 1. The first-order valence-electron chi connectivity index (χ1n) is 5.48. The molecule has 0 aromatic rings. The van der Waals surface area contributed by atoms with Crippen molar-refractivity contribution in [1.82, 2.24) is 0 Å². The molecule has 2 nitrogen and oxygen atoms in total. The molecular formula is C11H22O2. The Morgan fingerprint density at radius 3 is 2.38 bits per heavy atom. The average Bonchev–Trinajstić information content (AvgIpc) is 2.19. The molecule has 1 atom stereocenters. The van der Waals surface area contributed by atoms with E-state index >= 15 is 0 Å². The third kappa shape index (κ3) is 2.44. The minimum absolute atomic E-state index is 0.214. The van der Waals surface area contributed by atoms with E-state index in [0.717, 1.165) is 25.7 Å². The van der Waals surface area contributed by atoms with E-state index in [1.807, 2.05) is 0 Å². The van der Waals surface area contributed by atoms with Crippen LogP contribution in [0.15, 0.2) is 0 Å². The lowest BCUT2D eigenvalue weighted by molar-refractivity contribution is -0.125. The highest BCUT2D eigenvalue weighted by atomic mass is 16.5. The van der Waals surface area contributed by atoms with Gasteiger partial charge in [-0.1, -0.05) is 32.6 Å². The van der Waals surface area contributed by atoms with Gasteiger partial charge in [0.05, 0.1) is 11.7 Å². The second-order valence-electron chi connectivity index (χ2n) is 4.13. The van der Waals surface area contributed by atoms with Crippen LogP contribution in [-0.4, -0.2) is 23.9 Å². The number of hydrogen-bond donors (Lipinski definition) is 1. The third-order valence-electron chi connectivity index (χ3n) is 3.28. The molecule has 0 bridgehead atoms. The van der Waals surface area contributed by atoms with Gasteiger partial charge >= 0.3 is 0 Å². The van der Waals surface area contributed by atoms with Gasteiger partial charge in [0.2, 0.25) is 0 Å². The number of aliphatic hydroxyl groups excluding tert-OH is 1. The highest BCUT2D eigenvalue weighted by Gasteiger charge is 2.38. The molecule has 13 heavy (non-hydrogen) atoms. The Morgan fingerprint density at radius 2 is 1.92 bits per heavy atom. The Morgan fingerprint density at radius 1 is 1.31 bits per heavy atom. The molecule has 1 N–H and O–H groups in total. The normalized spacial score (nSPS) is 24.2. The summed E-state index contributed by atoms with van der Waals surface area (Å²) in [5.41, 5.74) is -0.214. The van der Waals surface area contributed by atoms with E-state index in [1.54, 1.807) is 7.11 Å². The van der Waals surface area contributed by atoms with E-state index in [-0.39, 0.29) is 11.7 Å². The Balaban J connectivity index is 2.55. The second-order valence-corrected chi connectivity index (χ2v) is 4.13. The Hall–Kier alpha value is -0.0800. The maximum Gasteiger partial charge on any atom is 0.0936 e. The van der Waals surface area contributed by atoms with Crippen molar-refractivity contribution >= 4 is 0 Å². The van der Waals surface area contributed by atoms with Crippen molar-refractivity contribution in [1.29, 1.82) is 0 Å². The van der Waals surface area contributed by atoms with E-state index in [1.165, 1.54) is 19.3 Å². The zero-order valence-corrected chi connectivity index (χ0v) is 8.88. The first kappa shape index (κ1) is 11.0. The highest BCUT2D eigenvalue weighted by molar-refractivity contribution is 4.90. The molecule has 78 valence electrons. The fraction of sp³-hybridized carbons (Fsp3) is 1.00. The van der Waals surface area contributed by atoms with Crippen LogP contribution in [0.25, 0.3) is 0 Å². The van der Waals surface area contributed by atoms with Crippen molar-refractivity contribution < 1.29 is 9.84 Å². The molecule has 0 saturated heterocycles. The SMILES string of the molecule is CCCC(O)C1(OC)CCCCC1. The third-order valence-corrected chi connectivity index (χ3v) is 3.28. The summed E-state index contributed by atoms with van der Waals surface area (Å²) >= 11 is 0. The van der Waals surface area contributed by atoms with Crippen LogP contribution in [0.2, 0.25) is 0 Å². The predicted molar refractivity (Wildman–Crippen MR) is 53.7 cm³/mol. The van der Waals surface area contributed by atoms with E-state index in [0.29, 0.717) is 0 Å². The lowest BCUT2D eigenvalue weighted by atomic mass is 9.79. The summed E-state index contributed by atoms with van der Waals surface area (Å²) in [5, 5.41) is 10.00. The molecule has 1 saturated carbocycles. The van der Waals surface area contributed by atoms with Gasteiger partial charge in [0.25, 0.3) is 0 Å². The number of rotatable bonds is 4. The van der Waals surface area contributed by atoms with Crippen molar-refractivity contribution in [3.63, 3.8) is 0 Å². The molecule has 0 aromatic heterocycles. The van der Waals surface area contributed by atoms with Gasteiger partial charge in [0.1, 0.15) is 0 Å². The summed E-state index contributed by atoms with van der Waals surface area (Å²) in [6.07, 6.45) is 7.41.